The van der Waals surface area contributed by atoms with Crippen molar-refractivity contribution in [2.75, 3.05) is 0 Å². The molecule has 0 atom stereocenters. The molecular formula is C76H56IrN5-. The smallest absolute Gasteiger partial charge is 0.165 e. The van der Waals surface area contributed by atoms with Crippen molar-refractivity contribution in [1.29, 1.82) is 0 Å². The van der Waals surface area contributed by atoms with E-state index in [1.165, 1.54) is 88.6 Å². The number of aromatic nitrogens is 5. The average Bonchev–Trinajstić information content (AvgIpc) is 3.89. The van der Waals surface area contributed by atoms with Crippen molar-refractivity contribution in [2.45, 2.75) is 52.4 Å². The van der Waals surface area contributed by atoms with Crippen LogP contribution in [0.5, 0.6) is 0 Å². The largest absolute Gasteiger partial charge is 0.309 e. The van der Waals surface area contributed by atoms with Gasteiger partial charge in [0.05, 0.1) is 11.0 Å². The van der Waals surface area contributed by atoms with Crippen molar-refractivity contribution in [3.63, 3.8) is 0 Å². The van der Waals surface area contributed by atoms with Gasteiger partial charge < -0.3 is 9.55 Å². The molecule has 3 aromatic heterocycles. The maximum atomic E-state index is 5.30. The fraction of sp³-hybridized carbons (Fsp3) is 0.105. The second-order valence-electron chi connectivity index (χ2n) is 23.1. The van der Waals surface area contributed by atoms with E-state index in [4.69, 9.17) is 19.9 Å². The number of aryl methyl sites for hydroxylation is 2. The van der Waals surface area contributed by atoms with Gasteiger partial charge in [-0.1, -0.05) is 231 Å². The third-order valence-corrected chi connectivity index (χ3v) is 17.3. The van der Waals surface area contributed by atoms with Gasteiger partial charge in [-0.15, -0.1) is 23.8 Å². The Morgan fingerprint density at radius 2 is 0.829 bits per heavy atom. The maximum absolute atomic E-state index is 5.30. The Bertz CT molecular complexity index is 4520. The summed E-state index contributed by atoms with van der Waals surface area (Å²) in [7, 11) is 0. The van der Waals surface area contributed by atoms with Crippen molar-refractivity contribution in [3.05, 3.63) is 270 Å². The number of hydrogen-bond donors (Lipinski definition) is 0. The Hall–Kier alpha value is -9.19. The summed E-state index contributed by atoms with van der Waals surface area (Å²) in [6, 6.07) is 85.1. The normalized spacial score (nSPS) is 13.3. The summed E-state index contributed by atoms with van der Waals surface area (Å²) in [6.45, 7) is 13.6. The van der Waals surface area contributed by atoms with E-state index in [1.807, 2.05) is 6.20 Å². The van der Waals surface area contributed by atoms with Crippen LogP contribution in [0.4, 0.5) is 0 Å². The van der Waals surface area contributed by atoms with Crippen LogP contribution in [0.3, 0.4) is 0 Å². The Kier molecular flexibility index (Phi) is 12.1. The van der Waals surface area contributed by atoms with Crippen LogP contribution in [0.15, 0.2) is 231 Å². The van der Waals surface area contributed by atoms with Gasteiger partial charge in [0.1, 0.15) is 0 Å². The summed E-state index contributed by atoms with van der Waals surface area (Å²) >= 11 is 0. The van der Waals surface area contributed by atoms with Crippen LogP contribution in [0.25, 0.3) is 129 Å². The van der Waals surface area contributed by atoms with Crippen LogP contribution in [0, 0.1) is 19.9 Å². The Balaban J connectivity index is 0.00000602. The molecular weight excluding hydrogens is 1180 g/mol. The SMILES string of the molecule is Cc1cc(C)cc(-c2ccccc2-c2c[c-]c(-c3ccc(-c4nc(-c5ccc6c(c5)-c5ccccc5C6(C)C)nc(-c5ccc6c(c5)-c5ccccc5C6(C)C)n4)cn3)cc2-c2ccc(-n3c4ccccc4c4ccccc43)cc2)c1.[Ir]. The molecule has 13 aromatic rings. The van der Waals surface area contributed by atoms with E-state index in [2.05, 4.69) is 277 Å². The number of rotatable bonds is 8. The van der Waals surface area contributed by atoms with E-state index in [0.717, 1.165) is 55.9 Å². The Morgan fingerprint density at radius 1 is 0.366 bits per heavy atom. The van der Waals surface area contributed by atoms with E-state index >= 15 is 0 Å². The van der Waals surface area contributed by atoms with Crippen molar-refractivity contribution >= 4 is 21.8 Å². The summed E-state index contributed by atoms with van der Waals surface area (Å²) in [4.78, 5) is 21.1. The summed E-state index contributed by atoms with van der Waals surface area (Å²) in [5.74, 6) is 1.79. The van der Waals surface area contributed by atoms with E-state index in [9.17, 15) is 0 Å². The molecule has 0 spiro atoms. The molecule has 0 fully saturated rings. The first kappa shape index (κ1) is 51.0. The fourth-order valence-corrected chi connectivity index (χ4v) is 13.4. The van der Waals surface area contributed by atoms with Gasteiger partial charge in [-0.3, -0.25) is 0 Å². The van der Waals surface area contributed by atoms with Crippen LogP contribution >= 0.6 is 0 Å². The van der Waals surface area contributed by atoms with Gasteiger partial charge >= 0.3 is 0 Å². The molecule has 5 nitrogen and oxygen atoms in total. The topological polar surface area (TPSA) is 56.5 Å². The molecule has 2 aliphatic carbocycles. The first-order valence-electron chi connectivity index (χ1n) is 28.0. The summed E-state index contributed by atoms with van der Waals surface area (Å²) < 4.78 is 2.37. The molecule has 10 aromatic carbocycles. The van der Waals surface area contributed by atoms with Crippen LogP contribution < -0.4 is 0 Å². The van der Waals surface area contributed by atoms with Crippen LogP contribution in [0.1, 0.15) is 61.1 Å². The van der Waals surface area contributed by atoms with E-state index in [0.29, 0.717) is 17.5 Å². The van der Waals surface area contributed by atoms with Crippen LogP contribution in [-0.4, -0.2) is 24.5 Å². The summed E-state index contributed by atoms with van der Waals surface area (Å²) in [6.07, 6.45) is 1.90. The molecule has 0 unspecified atom stereocenters. The molecule has 395 valence electrons. The molecule has 0 amide bonds. The molecule has 0 saturated heterocycles. The zero-order chi connectivity index (χ0) is 54.7. The van der Waals surface area contributed by atoms with Gasteiger partial charge in [-0.05, 0) is 117 Å². The molecule has 0 bridgehead atoms. The van der Waals surface area contributed by atoms with Crippen LogP contribution in [0.2, 0.25) is 0 Å². The van der Waals surface area contributed by atoms with Gasteiger partial charge in [0.15, 0.2) is 17.5 Å². The minimum absolute atomic E-state index is 0. The minimum atomic E-state index is -0.121. The van der Waals surface area contributed by atoms with Gasteiger partial charge in [-0.2, -0.15) is 0 Å². The Labute approximate surface area is 492 Å². The van der Waals surface area contributed by atoms with E-state index in [1.54, 1.807) is 0 Å². The van der Waals surface area contributed by atoms with Gasteiger partial charge in [0, 0.05) is 70.3 Å². The first-order chi connectivity index (χ1) is 39.5. The molecule has 15 rings (SSSR count). The maximum Gasteiger partial charge on any atom is 0.165 e. The number of fused-ring (bicyclic) bond motifs is 9. The molecule has 1 radical (unpaired) electrons. The monoisotopic (exact) mass is 1230 g/mol. The Morgan fingerprint density at radius 3 is 1.38 bits per heavy atom. The summed E-state index contributed by atoms with van der Waals surface area (Å²) in [5, 5.41) is 2.48. The van der Waals surface area contributed by atoms with Crippen molar-refractivity contribution < 1.29 is 20.1 Å². The third-order valence-electron chi connectivity index (χ3n) is 17.3. The predicted molar refractivity (Wildman–Crippen MR) is 333 cm³/mol. The molecule has 0 aliphatic heterocycles. The van der Waals surface area contributed by atoms with Gasteiger partial charge in [0.25, 0.3) is 0 Å². The first-order valence-corrected chi connectivity index (χ1v) is 28.0. The molecule has 82 heavy (non-hydrogen) atoms. The molecule has 0 N–H and O–H groups in total. The molecule has 6 heteroatoms. The van der Waals surface area contributed by atoms with Crippen molar-refractivity contribution in [2.24, 2.45) is 0 Å². The molecule has 0 saturated carbocycles. The second-order valence-corrected chi connectivity index (χ2v) is 23.1. The number of pyridine rings is 1. The number of hydrogen-bond acceptors (Lipinski definition) is 4. The van der Waals surface area contributed by atoms with Crippen molar-refractivity contribution in [1.82, 2.24) is 24.5 Å². The number of benzene rings is 10. The zero-order valence-corrected chi connectivity index (χ0v) is 48.9. The number of para-hydroxylation sites is 2. The van der Waals surface area contributed by atoms with Gasteiger partial charge in [0.2, 0.25) is 0 Å². The van der Waals surface area contributed by atoms with E-state index < -0.39 is 0 Å². The number of nitrogens with zero attached hydrogens (tertiary/aromatic N) is 5. The van der Waals surface area contributed by atoms with E-state index in [-0.39, 0.29) is 30.9 Å². The van der Waals surface area contributed by atoms with Gasteiger partial charge in [-0.25, -0.2) is 15.0 Å². The third kappa shape index (κ3) is 8.23. The molecule has 3 heterocycles. The predicted octanol–water partition coefficient (Wildman–Crippen LogP) is 19.1. The standard InChI is InChI=1S/C76H56N5.Ir/c1-46-39-47(2)41-53(40-46)55-17-7-8-18-56(55)57-35-29-49(42-62(57)48-27-33-54(34-28-48)81-70-25-15-11-21-60(70)61-22-12-16-26-71(61)81)69-38-32-52(45-77-69)74-79-72(50-30-36-67-63(43-50)58-19-9-13-23-65(58)75(67,3)4)78-73(80-74)51-31-37-68-64(44-51)59-20-10-14-24-66(59)76(68,5)6;/h7-28,30-45H,1-6H3;/q-1;. The minimum Gasteiger partial charge on any atom is -0.309 e. The van der Waals surface area contributed by atoms with Crippen LogP contribution in [-0.2, 0) is 30.9 Å². The van der Waals surface area contributed by atoms with Crippen molar-refractivity contribution in [3.8, 4) is 107 Å². The molecule has 2 aliphatic rings. The quantitative estimate of drug-likeness (QED) is 0.142. The zero-order valence-electron chi connectivity index (χ0n) is 46.5. The summed E-state index contributed by atoms with van der Waals surface area (Å²) in [5.41, 5.74) is 27.0. The average molecular weight is 1230 g/mol. The fourth-order valence-electron chi connectivity index (χ4n) is 13.4. The second kappa shape index (κ2) is 19.5.